The summed E-state index contributed by atoms with van der Waals surface area (Å²) in [5.74, 6) is 0.845. The van der Waals surface area contributed by atoms with Gasteiger partial charge in [0.2, 0.25) is 0 Å². The van der Waals surface area contributed by atoms with Gasteiger partial charge < -0.3 is 10.1 Å². The van der Waals surface area contributed by atoms with Gasteiger partial charge in [-0.25, -0.2) is 4.79 Å². The van der Waals surface area contributed by atoms with Gasteiger partial charge in [0.05, 0.1) is 6.10 Å². The molecule has 0 aromatic carbocycles. The van der Waals surface area contributed by atoms with Gasteiger partial charge in [-0.2, -0.15) is 5.26 Å². The van der Waals surface area contributed by atoms with E-state index in [0.717, 1.165) is 23.8 Å². The summed E-state index contributed by atoms with van der Waals surface area (Å²) in [7, 11) is 2.94. The molecule has 2 rings (SSSR count). The van der Waals surface area contributed by atoms with Crippen LogP contribution in [0.4, 0.5) is 5.82 Å². The number of rotatable bonds is 4. The third kappa shape index (κ3) is 3.64. The lowest BCUT2D eigenvalue weighted by molar-refractivity contribution is -0.000632. The zero-order valence-corrected chi connectivity index (χ0v) is 14.1. The van der Waals surface area contributed by atoms with Crippen LogP contribution in [-0.2, 0) is 18.8 Å². The van der Waals surface area contributed by atoms with Crippen molar-refractivity contribution >= 4 is 5.82 Å². The topological polar surface area (TPSA) is 89.0 Å². The average molecular weight is 320 g/mol. The average Bonchev–Trinajstić information content (AvgIpc) is 2.50. The number of anilines is 1. The van der Waals surface area contributed by atoms with Crippen molar-refractivity contribution in [2.24, 2.45) is 20.0 Å². The summed E-state index contributed by atoms with van der Waals surface area (Å²) < 4.78 is 8.05. The number of hydrogen-bond acceptors (Lipinski definition) is 5. The molecule has 7 heteroatoms. The highest BCUT2D eigenvalue weighted by Crippen LogP contribution is 2.23. The third-order valence-electron chi connectivity index (χ3n) is 4.22. The van der Waals surface area contributed by atoms with Crippen LogP contribution in [0, 0.1) is 17.2 Å². The molecule has 7 nitrogen and oxygen atoms in total. The van der Waals surface area contributed by atoms with Crippen molar-refractivity contribution in [2.45, 2.75) is 45.3 Å². The molecule has 1 fully saturated rings. The first-order chi connectivity index (χ1) is 10.8. The normalized spacial score (nSPS) is 21.2. The maximum atomic E-state index is 12.1. The molecule has 23 heavy (non-hydrogen) atoms. The van der Waals surface area contributed by atoms with Crippen LogP contribution in [0.3, 0.4) is 0 Å². The lowest BCUT2D eigenvalue weighted by Crippen LogP contribution is -2.42. The fourth-order valence-electron chi connectivity index (χ4n) is 3.01. The summed E-state index contributed by atoms with van der Waals surface area (Å²) in [4.78, 5) is 24.2. The van der Waals surface area contributed by atoms with Gasteiger partial charge in [-0.15, -0.1) is 0 Å². The standard InChI is InChI=1S/C16H24N4O3/c1-10(2)7-12-8-11(5-6-23-12)18-14-13(9-17)15(21)20(4)16(22)19(14)3/h10-12,18H,5-8H2,1-4H3/t11-,12+/m0/s1. The quantitative estimate of drug-likeness (QED) is 0.892. The first-order valence-electron chi connectivity index (χ1n) is 7.93. The number of nitrogens with zero attached hydrogens (tertiary/aromatic N) is 3. The highest BCUT2D eigenvalue weighted by Gasteiger charge is 2.25. The largest absolute Gasteiger partial charge is 0.378 e. The second kappa shape index (κ2) is 7.01. The van der Waals surface area contributed by atoms with Crippen molar-refractivity contribution in [3.63, 3.8) is 0 Å². The Bertz CT molecular complexity index is 727. The van der Waals surface area contributed by atoms with Gasteiger partial charge >= 0.3 is 5.69 Å². The summed E-state index contributed by atoms with van der Waals surface area (Å²) in [6.45, 7) is 4.94. The lowest BCUT2D eigenvalue weighted by atomic mass is 9.96. The van der Waals surface area contributed by atoms with Crippen molar-refractivity contribution in [1.82, 2.24) is 9.13 Å². The molecule has 1 N–H and O–H groups in total. The minimum absolute atomic E-state index is 0.0264. The lowest BCUT2D eigenvalue weighted by Gasteiger charge is -2.32. The van der Waals surface area contributed by atoms with Crippen LogP contribution in [0.1, 0.15) is 38.7 Å². The van der Waals surface area contributed by atoms with Crippen LogP contribution < -0.4 is 16.6 Å². The molecule has 1 aliphatic heterocycles. The second-order valence-corrected chi connectivity index (χ2v) is 6.53. The molecule has 0 bridgehead atoms. The Balaban J connectivity index is 2.28. The number of nitriles is 1. The molecule has 0 spiro atoms. The molecule has 1 saturated heterocycles. The van der Waals surface area contributed by atoms with E-state index in [0.29, 0.717) is 18.3 Å². The Hall–Kier alpha value is -2.07. The predicted octanol–water partition coefficient (Wildman–Crippen LogP) is 0.961. The molecule has 2 atom stereocenters. The number of hydrogen-bond donors (Lipinski definition) is 1. The Kier molecular flexibility index (Phi) is 5.26. The molecule has 1 aromatic heterocycles. The highest BCUT2D eigenvalue weighted by atomic mass is 16.5. The molecule has 0 amide bonds. The van der Waals surface area contributed by atoms with Crippen molar-refractivity contribution in [1.29, 1.82) is 5.26 Å². The van der Waals surface area contributed by atoms with Gasteiger partial charge in [0.1, 0.15) is 11.9 Å². The van der Waals surface area contributed by atoms with Crippen LogP contribution in [0.2, 0.25) is 0 Å². The molecule has 0 aliphatic carbocycles. The van der Waals surface area contributed by atoms with Gasteiger partial charge in [0, 0.05) is 26.7 Å². The zero-order valence-electron chi connectivity index (χ0n) is 14.1. The first kappa shape index (κ1) is 17.3. The van der Waals surface area contributed by atoms with E-state index in [9.17, 15) is 14.9 Å². The van der Waals surface area contributed by atoms with E-state index in [-0.39, 0.29) is 17.7 Å². The molecule has 126 valence electrons. The van der Waals surface area contributed by atoms with Crippen molar-refractivity contribution < 1.29 is 4.74 Å². The van der Waals surface area contributed by atoms with E-state index in [2.05, 4.69) is 19.2 Å². The Morgan fingerprint density at radius 3 is 2.65 bits per heavy atom. The Morgan fingerprint density at radius 1 is 1.35 bits per heavy atom. The molecule has 2 heterocycles. The number of ether oxygens (including phenoxy) is 1. The fourth-order valence-corrected chi connectivity index (χ4v) is 3.01. The minimum atomic E-state index is -0.566. The van der Waals surface area contributed by atoms with Crippen molar-refractivity contribution in [2.75, 3.05) is 11.9 Å². The van der Waals surface area contributed by atoms with E-state index in [1.54, 1.807) is 7.05 Å². The Morgan fingerprint density at radius 2 is 2.04 bits per heavy atom. The molecule has 1 aliphatic rings. The van der Waals surface area contributed by atoms with Gasteiger partial charge in [-0.1, -0.05) is 13.8 Å². The maximum Gasteiger partial charge on any atom is 0.332 e. The third-order valence-corrected chi connectivity index (χ3v) is 4.22. The maximum absolute atomic E-state index is 12.1. The van der Waals surface area contributed by atoms with E-state index in [1.165, 1.54) is 11.6 Å². The van der Waals surface area contributed by atoms with Gasteiger partial charge in [-0.05, 0) is 25.2 Å². The monoisotopic (exact) mass is 320 g/mol. The summed E-state index contributed by atoms with van der Waals surface area (Å²) in [6.07, 6.45) is 2.71. The van der Waals surface area contributed by atoms with Crippen molar-refractivity contribution in [3.8, 4) is 6.07 Å². The van der Waals surface area contributed by atoms with Crippen molar-refractivity contribution in [3.05, 3.63) is 26.4 Å². The summed E-state index contributed by atoms with van der Waals surface area (Å²) in [5, 5.41) is 12.5. The van der Waals surface area contributed by atoms with E-state index < -0.39 is 11.2 Å². The summed E-state index contributed by atoms with van der Waals surface area (Å²) in [6, 6.07) is 2.00. The zero-order chi connectivity index (χ0) is 17.1. The highest BCUT2D eigenvalue weighted by molar-refractivity contribution is 5.51. The summed E-state index contributed by atoms with van der Waals surface area (Å²) >= 11 is 0. The number of nitrogens with one attached hydrogen (secondary N) is 1. The molecule has 1 aromatic rings. The summed E-state index contributed by atoms with van der Waals surface area (Å²) in [5.41, 5.74) is -1.03. The minimum Gasteiger partial charge on any atom is -0.378 e. The van der Waals surface area contributed by atoms with Gasteiger partial charge in [0.25, 0.3) is 5.56 Å². The SMILES string of the molecule is CC(C)C[C@@H]1C[C@@H](Nc2c(C#N)c(=O)n(C)c(=O)n2C)CCO1. The predicted molar refractivity (Wildman–Crippen MR) is 87.5 cm³/mol. The fraction of sp³-hybridized carbons (Fsp3) is 0.688. The Labute approximate surface area is 135 Å². The van der Waals surface area contributed by atoms with Crippen LogP contribution >= 0.6 is 0 Å². The number of aromatic nitrogens is 2. The van der Waals surface area contributed by atoms with Gasteiger partial charge in [-0.3, -0.25) is 13.9 Å². The smallest absolute Gasteiger partial charge is 0.332 e. The molecule has 0 radical (unpaired) electrons. The molecular formula is C16H24N4O3. The van der Waals surface area contributed by atoms with Crippen LogP contribution in [-0.4, -0.2) is 27.9 Å². The molecule has 0 unspecified atom stereocenters. The first-order valence-corrected chi connectivity index (χ1v) is 7.93. The van der Waals surface area contributed by atoms with E-state index in [4.69, 9.17) is 4.74 Å². The van der Waals surface area contributed by atoms with Crippen LogP contribution in [0.15, 0.2) is 9.59 Å². The molecular weight excluding hydrogens is 296 g/mol. The van der Waals surface area contributed by atoms with E-state index in [1.807, 2.05) is 6.07 Å². The van der Waals surface area contributed by atoms with Crippen LogP contribution in [0.25, 0.3) is 0 Å². The molecule has 0 saturated carbocycles. The van der Waals surface area contributed by atoms with Crippen LogP contribution in [0.5, 0.6) is 0 Å². The second-order valence-electron chi connectivity index (χ2n) is 6.53. The van der Waals surface area contributed by atoms with E-state index >= 15 is 0 Å². The van der Waals surface area contributed by atoms with Gasteiger partial charge in [0.15, 0.2) is 5.56 Å².